The van der Waals surface area contributed by atoms with Crippen molar-refractivity contribution in [3.8, 4) is 11.5 Å². The van der Waals surface area contributed by atoms with Crippen LogP contribution in [0.4, 0.5) is 10.1 Å². The second-order valence-electron chi connectivity index (χ2n) is 6.23. The number of halogens is 1. The number of carbonyl (C=O) groups is 1. The fourth-order valence-electron chi connectivity index (χ4n) is 2.82. The lowest BCUT2D eigenvalue weighted by Crippen LogP contribution is -2.16. The summed E-state index contributed by atoms with van der Waals surface area (Å²) < 4.78 is 20.0. The quantitative estimate of drug-likeness (QED) is 0.552. The second-order valence-corrected chi connectivity index (χ2v) is 6.23. The van der Waals surface area contributed by atoms with E-state index >= 15 is 0 Å². The Labute approximate surface area is 159 Å². The number of amides is 1. The zero-order valence-corrected chi connectivity index (χ0v) is 15.1. The highest BCUT2D eigenvalue weighted by atomic mass is 19.1. The van der Waals surface area contributed by atoms with Crippen molar-refractivity contribution in [3.05, 3.63) is 60.1 Å². The zero-order chi connectivity index (χ0) is 19.5. The van der Waals surface area contributed by atoms with Crippen LogP contribution in [0.5, 0.6) is 0 Å². The van der Waals surface area contributed by atoms with E-state index in [2.05, 4.69) is 25.7 Å². The van der Waals surface area contributed by atoms with Gasteiger partial charge in [-0.15, -0.1) is 10.2 Å². The standard InChI is InChI=1S/C19H17FN6O2/c1-2-4-15-22-19(28-25-15)14-5-3-10-26-16(23-24-18(14)26)11-17(27)21-13-8-6-12(20)7-9-13/h3,5-10H,2,4,11H2,1H3,(H,21,27). The number of benzene rings is 1. The number of rotatable bonds is 6. The first-order chi connectivity index (χ1) is 13.6. The van der Waals surface area contributed by atoms with E-state index in [1.807, 2.05) is 13.0 Å². The molecule has 3 heterocycles. The second kappa shape index (κ2) is 7.55. The first kappa shape index (κ1) is 17.8. The maximum Gasteiger partial charge on any atom is 0.261 e. The van der Waals surface area contributed by atoms with Gasteiger partial charge in [-0.25, -0.2) is 4.39 Å². The summed E-state index contributed by atoms with van der Waals surface area (Å²) in [6.45, 7) is 2.04. The summed E-state index contributed by atoms with van der Waals surface area (Å²) in [6, 6.07) is 9.18. The minimum absolute atomic E-state index is 0.00686. The van der Waals surface area contributed by atoms with Crippen LogP contribution in [0.1, 0.15) is 25.0 Å². The number of aromatic nitrogens is 5. The summed E-state index contributed by atoms with van der Waals surface area (Å²) in [6.07, 6.45) is 3.42. The molecule has 0 saturated heterocycles. The van der Waals surface area contributed by atoms with Gasteiger partial charge in [0.15, 0.2) is 11.5 Å². The molecule has 0 bridgehead atoms. The Hall–Kier alpha value is -3.62. The molecule has 0 aliphatic rings. The number of hydrogen-bond acceptors (Lipinski definition) is 6. The van der Waals surface area contributed by atoms with Gasteiger partial charge in [-0.2, -0.15) is 4.98 Å². The highest BCUT2D eigenvalue weighted by Crippen LogP contribution is 2.22. The van der Waals surface area contributed by atoms with Crippen LogP contribution < -0.4 is 5.32 Å². The van der Waals surface area contributed by atoms with Crippen molar-refractivity contribution in [1.82, 2.24) is 24.7 Å². The van der Waals surface area contributed by atoms with Crippen molar-refractivity contribution in [1.29, 1.82) is 0 Å². The summed E-state index contributed by atoms with van der Waals surface area (Å²) in [5.41, 5.74) is 1.68. The molecule has 4 rings (SSSR count). The SMILES string of the molecule is CCCc1noc(-c2cccn3c(CC(=O)Nc4ccc(F)cc4)nnc23)n1. The Kier molecular flexibility index (Phi) is 4.79. The molecule has 9 heteroatoms. The molecule has 0 fully saturated rings. The molecule has 0 unspecified atom stereocenters. The number of nitrogens with zero attached hydrogens (tertiary/aromatic N) is 5. The highest BCUT2D eigenvalue weighted by Gasteiger charge is 2.17. The average Bonchev–Trinajstić information content (AvgIpc) is 3.31. The molecule has 1 N–H and O–H groups in total. The van der Waals surface area contributed by atoms with Crippen molar-refractivity contribution in [3.63, 3.8) is 0 Å². The third-order valence-corrected chi connectivity index (χ3v) is 4.12. The zero-order valence-electron chi connectivity index (χ0n) is 15.1. The van der Waals surface area contributed by atoms with Gasteiger partial charge in [-0.05, 0) is 42.8 Å². The van der Waals surface area contributed by atoms with Crippen molar-refractivity contribution in [2.45, 2.75) is 26.2 Å². The largest absolute Gasteiger partial charge is 0.334 e. The Bertz CT molecular complexity index is 1120. The number of nitrogens with one attached hydrogen (secondary N) is 1. The van der Waals surface area contributed by atoms with Gasteiger partial charge in [0, 0.05) is 18.3 Å². The summed E-state index contributed by atoms with van der Waals surface area (Å²) in [5, 5.41) is 15.0. The van der Waals surface area contributed by atoms with Crippen molar-refractivity contribution in [2.24, 2.45) is 0 Å². The maximum absolute atomic E-state index is 13.0. The molecular weight excluding hydrogens is 363 g/mol. The van der Waals surface area contributed by atoms with Crippen molar-refractivity contribution < 1.29 is 13.7 Å². The number of carbonyl (C=O) groups excluding carboxylic acids is 1. The van der Waals surface area contributed by atoms with Crippen LogP contribution in [-0.4, -0.2) is 30.6 Å². The molecule has 4 aromatic rings. The fraction of sp³-hybridized carbons (Fsp3) is 0.211. The molecule has 1 aromatic carbocycles. The lowest BCUT2D eigenvalue weighted by atomic mass is 10.2. The van der Waals surface area contributed by atoms with Crippen molar-refractivity contribution >= 4 is 17.2 Å². The van der Waals surface area contributed by atoms with Crippen LogP contribution in [0.3, 0.4) is 0 Å². The molecule has 3 aromatic heterocycles. The van der Waals surface area contributed by atoms with Crippen molar-refractivity contribution in [2.75, 3.05) is 5.32 Å². The van der Waals surface area contributed by atoms with E-state index in [1.165, 1.54) is 24.3 Å². The third-order valence-electron chi connectivity index (χ3n) is 4.12. The van der Waals surface area contributed by atoms with Gasteiger partial charge in [0.2, 0.25) is 5.91 Å². The smallest absolute Gasteiger partial charge is 0.261 e. The summed E-state index contributed by atoms with van der Waals surface area (Å²) >= 11 is 0. The molecule has 1 amide bonds. The third kappa shape index (κ3) is 3.59. The van der Waals surface area contributed by atoms with E-state index in [0.29, 0.717) is 34.4 Å². The number of pyridine rings is 1. The number of aryl methyl sites for hydroxylation is 1. The minimum Gasteiger partial charge on any atom is -0.334 e. The summed E-state index contributed by atoms with van der Waals surface area (Å²) in [7, 11) is 0. The van der Waals surface area contributed by atoms with Gasteiger partial charge in [0.1, 0.15) is 11.6 Å². The fourth-order valence-corrected chi connectivity index (χ4v) is 2.82. The first-order valence-corrected chi connectivity index (χ1v) is 8.85. The lowest BCUT2D eigenvalue weighted by molar-refractivity contribution is -0.115. The van der Waals surface area contributed by atoms with E-state index in [9.17, 15) is 9.18 Å². The van der Waals surface area contributed by atoms with Gasteiger partial charge in [-0.3, -0.25) is 9.20 Å². The minimum atomic E-state index is -0.364. The monoisotopic (exact) mass is 380 g/mol. The van der Waals surface area contributed by atoms with Crippen LogP contribution in [0.15, 0.2) is 47.1 Å². The summed E-state index contributed by atoms with van der Waals surface area (Å²) in [4.78, 5) is 16.7. The van der Waals surface area contributed by atoms with Crippen LogP contribution >= 0.6 is 0 Å². The molecule has 0 aliphatic heterocycles. The van der Waals surface area contributed by atoms with Gasteiger partial charge >= 0.3 is 0 Å². The van der Waals surface area contributed by atoms with Crippen LogP contribution in [0, 0.1) is 5.82 Å². The molecule has 0 spiro atoms. The molecule has 0 aliphatic carbocycles. The van der Waals surface area contributed by atoms with Crippen LogP contribution in [0.25, 0.3) is 17.1 Å². The van der Waals surface area contributed by atoms with E-state index in [1.54, 1.807) is 16.7 Å². The lowest BCUT2D eigenvalue weighted by Gasteiger charge is -2.04. The Morgan fingerprint density at radius 2 is 2.04 bits per heavy atom. The maximum atomic E-state index is 13.0. The number of fused-ring (bicyclic) bond motifs is 1. The topological polar surface area (TPSA) is 98.2 Å². The molecule has 0 saturated carbocycles. The van der Waals surface area contributed by atoms with Crippen LogP contribution in [-0.2, 0) is 17.6 Å². The molecule has 142 valence electrons. The average molecular weight is 380 g/mol. The highest BCUT2D eigenvalue weighted by molar-refractivity contribution is 5.92. The summed E-state index contributed by atoms with van der Waals surface area (Å²) in [5.74, 6) is 0.817. The van der Waals surface area contributed by atoms with E-state index in [4.69, 9.17) is 4.52 Å². The number of anilines is 1. The molecule has 8 nitrogen and oxygen atoms in total. The van der Waals surface area contributed by atoms with Crippen LogP contribution in [0.2, 0.25) is 0 Å². The Morgan fingerprint density at radius 1 is 1.21 bits per heavy atom. The van der Waals surface area contributed by atoms with E-state index < -0.39 is 0 Å². The normalized spacial score (nSPS) is 11.1. The molecule has 0 radical (unpaired) electrons. The van der Waals surface area contributed by atoms with E-state index in [0.717, 1.165) is 12.8 Å². The number of hydrogen-bond donors (Lipinski definition) is 1. The van der Waals surface area contributed by atoms with Gasteiger partial charge < -0.3 is 9.84 Å². The molecule has 0 atom stereocenters. The van der Waals surface area contributed by atoms with Gasteiger partial charge in [0.25, 0.3) is 5.89 Å². The molecular formula is C19H17FN6O2. The predicted molar refractivity (Wildman–Crippen MR) is 99.0 cm³/mol. The Balaban J connectivity index is 1.57. The molecule has 28 heavy (non-hydrogen) atoms. The Morgan fingerprint density at radius 3 is 2.82 bits per heavy atom. The van der Waals surface area contributed by atoms with E-state index in [-0.39, 0.29) is 18.1 Å². The predicted octanol–water partition coefficient (Wildman–Crippen LogP) is 3.05. The first-order valence-electron chi connectivity index (χ1n) is 8.85. The van der Waals surface area contributed by atoms with Gasteiger partial charge in [0.05, 0.1) is 12.0 Å². The van der Waals surface area contributed by atoms with Gasteiger partial charge in [-0.1, -0.05) is 12.1 Å².